The quantitative estimate of drug-likeness (QED) is 0.424. The molecule has 1 atom stereocenters. The Morgan fingerprint density at radius 2 is 1.37 bits per heavy atom. The number of nitrogens with zero attached hydrogens (tertiary/aromatic N) is 2. The molecule has 3 aromatic carbocycles. The van der Waals surface area contributed by atoms with E-state index in [0.29, 0.717) is 11.1 Å². The van der Waals surface area contributed by atoms with Gasteiger partial charge in [0.15, 0.2) is 0 Å². The highest BCUT2D eigenvalue weighted by atomic mass is 32.2. The van der Waals surface area contributed by atoms with Gasteiger partial charge in [-0.25, -0.2) is 0 Å². The van der Waals surface area contributed by atoms with E-state index < -0.39 is 5.25 Å². The lowest BCUT2D eigenvalue weighted by Crippen LogP contribution is -2.34. The van der Waals surface area contributed by atoms with Gasteiger partial charge in [0.05, 0.1) is 11.3 Å². The Labute approximate surface area is 179 Å². The number of rotatable bonds is 7. The summed E-state index contributed by atoms with van der Waals surface area (Å²) in [5, 5.41) is 11.3. The van der Waals surface area contributed by atoms with Gasteiger partial charge in [-0.05, 0) is 30.2 Å². The van der Waals surface area contributed by atoms with Gasteiger partial charge in [0.2, 0.25) is 11.8 Å². The van der Waals surface area contributed by atoms with Crippen molar-refractivity contribution in [3.8, 4) is 11.5 Å². The summed E-state index contributed by atoms with van der Waals surface area (Å²) in [6.07, 6.45) is 0. The molecule has 1 unspecified atom stereocenters. The Morgan fingerprint density at radius 1 is 0.833 bits per heavy atom. The number of hydrogen-bond acceptors (Lipinski definition) is 5. The van der Waals surface area contributed by atoms with Crippen LogP contribution in [0.15, 0.2) is 101 Å². The van der Waals surface area contributed by atoms with Crippen LogP contribution in [0.3, 0.4) is 0 Å². The van der Waals surface area contributed by atoms with Gasteiger partial charge in [0, 0.05) is 5.56 Å². The van der Waals surface area contributed by atoms with Crippen molar-refractivity contribution in [2.75, 3.05) is 0 Å². The average molecular weight is 416 g/mol. The molecule has 0 radical (unpaired) electrons. The Kier molecular flexibility index (Phi) is 6.25. The second-order valence-electron chi connectivity index (χ2n) is 6.76. The molecule has 4 aromatic rings. The summed E-state index contributed by atoms with van der Waals surface area (Å²) >= 11 is 1.25. The molecule has 5 nitrogen and oxygen atoms in total. The fourth-order valence-corrected chi connectivity index (χ4v) is 3.76. The first kappa shape index (κ1) is 19.9. The zero-order valence-corrected chi connectivity index (χ0v) is 17.3. The fraction of sp³-hybridized carbons (Fsp3) is 0.125. The van der Waals surface area contributed by atoms with Crippen LogP contribution in [0.4, 0.5) is 0 Å². The van der Waals surface area contributed by atoms with E-state index >= 15 is 0 Å². The highest BCUT2D eigenvalue weighted by Gasteiger charge is 2.23. The lowest BCUT2D eigenvalue weighted by Gasteiger charge is -2.21. The number of carbonyl (C=O) groups is 1. The van der Waals surface area contributed by atoms with Crippen LogP contribution in [0.25, 0.3) is 11.5 Å². The molecule has 1 heterocycles. The number of aromatic nitrogens is 2. The number of benzene rings is 3. The van der Waals surface area contributed by atoms with Crippen molar-refractivity contribution in [3.05, 3.63) is 102 Å². The predicted octanol–water partition coefficient (Wildman–Crippen LogP) is 5.12. The summed E-state index contributed by atoms with van der Waals surface area (Å²) in [7, 11) is 0. The molecule has 1 N–H and O–H groups in total. The van der Waals surface area contributed by atoms with Crippen LogP contribution in [-0.4, -0.2) is 21.4 Å². The van der Waals surface area contributed by atoms with Gasteiger partial charge in [-0.1, -0.05) is 90.6 Å². The number of thioether (sulfide) groups is 1. The van der Waals surface area contributed by atoms with E-state index in [-0.39, 0.29) is 11.9 Å². The molecule has 0 saturated carbocycles. The molecule has 1 aromatic heterocycles. The largest absolute Gasteiger partial charge is 0.411 e. The van der Waals surface area contributed by atoms with Gasteiger partial charge in [-0.3, -0.25) is 4.79 Å². The Hall–Kier alpha value is -3.38. The summed E-state index contributed by atoms with van der Waals surface area (Å²) in [6, 6.07) is 29.2. The van der Waals surface area contributed by atoms with Crippen molar-refractivity contribution in [2.24, 2.45) is 0 Å². The molecule has 150 valence electrons. The summed E-state index contributed by atoms with van der Waals surface area (Å²) < 4.78 is 5.73. The van der Waals surface area contributed by atoms with E-state index in [9.17, 15) is 4.79 Å². The van der Waals surface area contributed by atoms with Gasteiger partial charge < -0.3 is 9.73 Å². The highest BCUT2D eigenvalue weighted by molar-refractivity contribution is 8.00. The van der Waals surface area contributed by atoms with Gasteiger partial charge >= 0.3 is 0 Å². The molecular weight excluding hydrogens is 394 g/mol. The molecule has 1 amide bonds. The Morgan fingerprint density at radius 3 is 1.93 bits per heavy atom. The first-order valence-corrected chi connectivity index (χ1v) is 10.5. The van der Waals surface area contributed by atoms with Gasteiger partial charge in [0.25, 0.3) is 5.22 Å². The Bertz CT molecular complexity index is 1050. The van der Waals surface area contributed by atoms with Crippen LogP contribution in [0.1, 0.15) is 24.1 Å². The van der Waals surface area contributed by atoms with Gasteiger partial charge in [0.1, 0.15) is 0 Å². The van der Waals surface area contributed by atoms with E-state index in [0.717, 1.165) is 16.7 Å². The third-order valence-corrected chi connectivity index (χ3v) is 5.56. The normalized spacial score (nSPS) is 11.9. The maximum Gasteiger partial charge on any atom is 0.277 e. The monoisotopic (exact) mass is 415 g/mol. The van der Waals surface area contributed by atoms with E-state index in [2.05, 4.69) is 15.5 Å². The maximum absolute atomic E-state index is 13.0. The van der Waals surface area contributed by atoms with Crippen LogP contribution >= 0.6 is 11.8 Å². The Balaban J connectivity index is 1.47. The van der Waals surface area contributed by atoms with E-state index in [4.69, 9.17) is 4.42 Å². The summed E-state index contributed by atoms with van der Waals surface area (Å²) in [5.41, 5.74) is 2.90. The third kappa shape index (κ3) is 4.78. The van der Waals surface area contributed by atoms with Crippen molar-refractivity contribution < 1.29 is 9.21 Å². The average Bonchev–Trinajstić information content (AvgIpc) is 3.27. The van der Waals surface area contributed by atoms with Crippen molar-refractivity contribution in [3.63, 3.8) is 0 Å². The second-order valence-corrected chi connectivity index (χ2v) is 8.05. The number of carbonyl (C=O) groups excluding carboxylic acids is 1. The standard InChI is InChI=1S/C24H21N3O2S/c1-17(30-24-27-26-23(29-24)20-15-9-4-10-16-20)22(28)25-21(18-11-5-2-6-12-18)19-13-7-3-8-14-19/h2-17,21H,1H3,(H,25,28). The van der Waals surface area contributed by atoms with Gasteiger partial charge in [-0.2, -0.15) is 0 Å². The SMILES string of the molecule is CC(Sc1nnc(-c2ccccc2)o1)C(=O)NC(c1ccccc1)c1ccccc1. The molecule has 0 saturated heterocycles. The van der Waals surface area contributed by atoms with Crippen LogP contribution in [0.5, 0.6) is 0 Å². The van der Waals surface area contributed by atoms with Crippen molar-refractivity contribution in [2.45, 2.75) is 23.4 Å². The molecule has 0 bridgehead atoms. The summed E-state index contributed by atoms with van der Waals surface area (Å²) in [6.45, 7) is 1.83. The summed E-state index contributed by atoms with van der Waals surface area (Å²) in [4.78, 5) is 13.0. The van der Waals surface area contributed by atoms with Gasteiger partial charge in [-0.15, -0.1) is 10.2 Å². The van der Waals surface area contributed by atoms with Crippen molar-refractivity contribution >= 4 is 17.7 Å². The molecule has 0 spiro atoms. The van der Waals surface area contributed by atoms with E-state index in [1.807, 2.05) is 97.9 Å². The fourth-order valence-electron chi connectivity index (χ4n) is 3.07. The molecule has 4 rings (SSSR count). The molecule has 0 aliphatic carbocycles. The van der Waals surface area contributed by atoms with Crippen LogP contribution in [-0.2, 0) is 4.79 Å². The topological polar surface area (TPSA) is 68.0 Å². The number of hydrogen-bond donors (Lipinski definition) is 1. The molecule has 30 heavy (non-hydrogen) atoms. The first-order chi connectivity index (χ1) is 14.7. The predicted molar refractivity (Wildman–Crippen MR) is 118 cm³/mol. The van der Waals surface area contributed by atoms with E-state index in [1.54, 1.807) is 0 Å². The minimum absolute atomic E-state index is 0.0998. The molecule has 0 aliphatic heterocycles. The van der Waals surface area contributed by atoms with Crippen molar-refractivity contribution in [1.82, 2.24) is 15.5 Å². The second kappa shape index (κ2) is 9.41. The number of amides is 1. The minimum Gasteiger partial charge on any atom is -0.411 e. The molecular formula is C24H21N3O2S. The maximum atomic E-state index is 13.0. The third-order valence-electron chi connectivity index (χ3n) is 4.63. The number of nitrogens with one attached hydrogen (secondary N) is 1. The summed E-state index contributed by atoms with van der Waals surface area (Å²) in [5.74, 6) is 0.342. The lowest BCUT2D eigenvalue weighted by molar-refractivity contribution is -0.120. The molecule has 0 fully saturated rings. The molecule has 0 aliphatic rings. The smallest absolute Gasteiger partial charge is 0.277 e. The van der Waals surface area contributed by atoms with Crippen LogP contribution < -0.4 is 5.32 Å². The van der Waals surface area contributed by atoms with Crippen LogP contribution in [0.2, 0.25) is 0 Å². The zero-order chi connectivity index (χ0) is 20.8. The van der Waals surface area contributed by atoms with Crippen molar-refractivity contribution in [1.29, 1.82) is 0 Å². The van der Waals surface area contributed by atoms with E-state index in [1.165, 1.54) is 11.8 Å². The van der Waals surface area contributed by atoms with Crippen LogP contribution in [0, 0.1) is 0 Å². The molecule has 6 heteroatoms. The first-order valence-electron chi connectivity index (χ1n) is 9.66. The lowest BCUT2D eigenvalue weighted by atomic mass is 9.98. The minimum atomic E-state index is -0.399. The highest BCUT2D eigenvalue weighted by Crippen LogP contribution is 2.27. The zero-order valence-electron chi connectivity index (χ0n) is 16.4.